The number of thiophene rings is 1. The fraction of sp³-hybridized carbons (Fsp3) is 0.400. The monoisotopic (exact) mass is 287 g/mol. The summed E-state index contributed by atoms with van der Waals surface area (Å²) in [5, 5.41) is 5.47. The SMILES string of the molecule is CCCS(=O)(=O)Nc1ccsc1-c1nc(C)no1. The number of aromatic nitrogens is 2. The van der Waals surface area contributed by atoms with E-state index in [9.17, 15) is 8.42 Å². The van der Waals surface area contributed by atoms with E-state index in [1.54, 1.807) is 18.4 Å². The number of nitrogens with one attached hydrogen (secondary N) is 1. The van der Waals surface area contributed by atoms with Crippen LogP contribution in [0.2, 0.25) is 0 Å². The van der Waals surface area contributed by atoms with Crippen LogP contribution in [0.5, 0.6) is 0 Å². The zero-order valence-corrected chi connectivity index (χ0v) is 11.6. The van der Waals surface area contributed by atoms with Crippen molar-refractivity contribution in [2.75, 3.05) is 10.5 Å². The molecule has 0 aliphatic heterocycles. The van der Waals surface area contributed by atoms with Crippen LogP contribution < -0.4 is 4.72 Å². The second-order valence-corrected chi connectivity index (χ2v) is 6.49. The van der Waals surface area contributed by atoms with Gasteiger partial charge in [0.15, 0.2) is 5.82 Å². The van der Waals surface area contributed by atoms with E-state index in [0.29, 0.717) is 28.7 Å². The topological polar surface area (TPSA) is 85.1 Å². The highest BCUT2D eigenvalue weighted by molar-refractivity contribution is 7.92. The van der Waals surface area contributed by atoms with E-state index in [0.717, 1.165) is 0 Å². The standard InChI is InChI=1S/C10H13N3O3S2/c1-3-6-18(14,15)13-8-4-5-17-9(8)10-11-7(2)12-16-10/h4-5,13H,3,6H2,1-2H3. The molecule has 0 bridgehead atoms. The van der Waals surface area contributed by atoms with Crippen LogP contribution in [0, 0.1) is 6.92 Å². The van der Waals surface area contributed by atoms with E-state index in [1.807, 2.05) is 6.92 Å². The number of sulfonamides is 1. The van der Waals surface area contributed by atoms with Crippen molar-refractivity contribution in [3.63, 3.8) is 0 Å². The molecule has 18 heavy (non-hydrogen) atoms. The van der Waals surface area contributed by atoms with E-state index >= 15 is 0 Å². The lowest BCUT2D eigenvalue weighted by atomic mass is 10.4. The number of nitrogens with zero attached hydrogens (tertiary/aromatic N) is 2. The second-order valence-electron chi connectivity index (χ2n) is 3.73. The van der Waals surface area contributed by atoms with Gasteiger partial charge in [-0.3, -0.25) is 4.72 Å². The molecule has 0 atom stereocenters. The smallest absolute Gasteiger partial charge is 0.270 e. The van der Waals surface area contributed by atoms with Crippen LogP contribution in [0.15, 0.2) is 16.0 Å². The lowest BCUT2D eigenvalue weighted by Crippen LogP contribution is -2.16. The number of rotatable bonds is 5. The van der Waals surface area contributed by atoms with Crippen molar-refractivity contribution >= 4 is 27.0 Å². The van der Waals surface area contributed by atoms with E-state index in [1.165, 1.54) is 11.3 Å². The number of anilines is 1. The molecule has 0 amide bonds. The largest absolute Gasteiger partial charge is 0.333 e. The van der Waals surface area contributed by atoms with Gasteiger partial charge in [0.1, 0.15) is 4.88 Å². The average molecular weight is 287 g/mol. The predicted octanol–water partition coefficient (Wildman–Crippen LogP) is 2.26. The van der Waals surface area contributed by atoms with Gasteiger partial charge in [0.05, 0.1) is 11.4 Å². The van der Waals surface area contributed by atoms with Crippen molar-refractivity contribution in [2.45, 2.75) is 20.3 Å². The maximum absolute atomic E-state index is 11.7. The summed E-state index contributed by atoms with van der Waals surface area (Å²) in [6.07, 6.45) is 0.564. The molecule has 0 fully saturated rings. The van der Waals surface area contributed by atoms with Gasteiger partial charge in [-0.2, -0.15) is 4.98 Å². The highest BCUT2D eigenvalue weighted by atomic mass is 32.2. The average Bonchev–Trinajstić information content (AvgIpc) is 2.86. The van der Waals surface area contributed by atoms with Crippen molar-refractivity contribution in [1.82, 2.24) is 10.1 Å². The third kappa shape index (κ3) is 2.88. The first kappa shape index (κ1) is 13.0. The highest BCUT2D eigenvalue weighted by Gasteiger charge is 2.17. The third-order valence-corrected chi connectivity index (χ3v) is 4.50. The fourth-order valence-corrected chi connectivity index (χ4v) is 3.41. The molecule has 0 radical (unpaired) electrons. The van der Waals surface area contributed by atoms with Crippen LogP contribution in [0.4, 0.5) is 5.69 Å². The van der Waals surface area contributed by atoms with Crippen molar-refractivity contribution in [1.29, 1.82) is 0 Å². The van der Waals surface area contributed by atoms with Crippen molar-refractivity contribution in [2.24, 2.45) is 0 Å². The molecule has 8 heteroatoms. The quantitative estimate of drug-likeness (QED) is 0.911. The van der Waals surface area contributed by atoms with Crippen molar-refractivity contribution < 1.29 is 12.9 Å². The van der Waals surface area contributed by atoms with Gasteiger partial charge in [0.25, 0.3) is 5.89 Å². The summed E-state index contributed by atoms with van der Waals surface area (Å²) < 4.78 is 31.0. The van der Waals surface area contributed by atoms with Gasteiger partial charge in [-0.05, 0) is 24.8 Å². The molecule has 0 aliphatic rings. The Hall–Kier alpha value is -1.41. The number of hydrogen-bond donors (Lipinski definition) is 1. The minimum absolute atomic E-state index is 0.0884. The molecule has 6 nitrogen and oxygen atoms in total. The van der Waals surface area contributed by atoms with Crippen molar-refractivity contribution in [3.05, 3.63) is 17.3 Å². The zero-order chi connectivity index (χ0) is 13.2. The Balaban J connectivity index is 2.29. The van der Waals surface area contributed by atoms with E-state index in [-0.39, 0.29) is 5.75 Å². The predicted molar refractivity (Wildman–Crippen MR) is 70.0 cm³/mol. The number of aryl methyl sites for hydroxylation is 1. The van der Waals surface area contributed by atoms with Gasteiger partial charge in [-0.1, -0.05) is 12.1 Å². The van der Waals surface area contributed by atoms with E-state index in [2.05, 4.69) is 14.9 Å². The van der Waals surface area contributed by atoms with Gasteiger partial charge >= 0.3 is 0 Å². The molecular weight excluding hydrogens is 274 g/mol. The molecule has 0 saturated carbocycles. The van der Waals surface area contributed by atoms with Crippen LogP contribution in [-0.4, -0.2) is 24.3 Å². The lowest BCUT2D eigenvalue weighted by molar-refractivity contribution is 0.426. The molecule has 2 aromatic rings. The molecule has 98 valence electrons. The molecular formula is C10H13N3O3S2. The molecule has 2 aromatic heterocycles. The zero-order valence-electron chi connectivity index (χ0n) is 10.0. The van der Waals surface area contributed by atoms with Gasteiger partial charge in [-0.15, -0.1) is 11.3 Å². The molecule has 0 unspecified atom stereocenters. The Labute approximate surface area is 109 Å². The minimum atomic E-state index is -3.31. The Bertz CT molecular complexity index is 630. The molecule has 1 N–H and O–H groups in total. The first-order valence-electron chi connectivity index (χ1n) is 5.40. The molecule has 0 saturated heterocycles. The molecule has 0 aromatic carbocycles. The first-order chi connectivity index (χ1) is 8.52. The van der Waals surface area contributed by atoms with E-state index in [4.69, 9.17) is 4.52 Å². The van der Waals surface area contributed by atoms with Gasteiger partial charge < -0.3 is 4.52 Å². The van der Waals surface area contributed by atoms with Crippen LogP contribution in [-0.2, 0) is 10.0 Å². The van der Waals surface area contributed by atoms with Crippen LogP contribution in [0.1, 0.15) is 19.2 Å². The Kier molecular flexibility index (Phi) is 3.67. The molecule has 0 aliphatic carbocycles. The lowest BCUT2D eigenvalue weighted by Gasteiger charge is -2.05. The maximum Gasteiger partial charge on any atom is 0.270 e. The van der Waals surface area contributed by atoms with Crippen molar-refractivity contribution in [3.8, 4) is 10.8 Å². The summed E-state index contributed by atoms with van der Waals surface area (Å²) in [5.74, 6) is 0.933. The van der Waals surface area contributed by atoms with Gasteiger partial charge in [0, 0.05) is 0 Å². The Morgan fingerprint density at radius 1 is 1.50 bits per heavy atom. The summed E-state index contributed by atoms with van der Waals surface area (Å²) in [4.78, 5) is 4.72. The second kappa shape index (κ2) is 5.07. The summed E-state index contributed by atoms with van der Waals surface area (Å²) in [6.45, 7) is 3.52. The highest BCUT2D eigenvalue weighted by Crippen LogP contribution is 2.33. The summed E-state index contributed by atoms with van der Waals surface area (Å²) in [7, 11) is -3.31. The third-order valence-electron chi connectivity index (χ3n) is 2.13. The molecule has 2 heterocycles. The Morgan fingerprint density at radius 3 is 2.89 bits per heavy atom. The van der Waals surface area contributed by atoms with Crippen LogP contribution >= 0.6 is 11.3 Å². The van der Waals surface area contributed by atoms with E-state index < -0.39 is 10.0 Å². The normalized spacial score (nSPS) is 11.7. The Morgan fingerprint density at radius 2 is 2.28 bits per heavy atom. The van der Waals surface area contributed by atoms with Gasteiger partial charge in [-0.25, -0.2) is 8.42 Å². The van der Waals surface area contributed by atoms with Gasteiger partial charge in [0.2, 0.25) is 10.0 Å². The maximum atomic E-state index is 11.7. The molecule has 0 spiro atoms. The van der Waals surface area contributed by atoms with Crippen LogP contribution in [0.3, 0.4) is 0 Å². The molecule has 2 rings (SSSR count). The summed E-state index contributed by atoms with van der Waals surface area (Å²) in [5.41, 5.74) is 0.483. The summed E-state index contributed by atoms with van der Waals surface area (Å²) >= 11 is 1.35. The summed E-state index contributed by atoms with van der Waals surface area (Å²) in [6, 6.07) is 1.69. The van der Waals surface area contributed by atoms with Crippen LogP contribution in [0.25, 0.3) is 10.8 Å². The number of hydrogen-bond acceptors (Lipinski definition) is 6. The minimum Gasteiger partial charge on any atom is -0.333 e. The first-order valence-corrected chi connectivity index (χ1v) is 7.93. The fourth-order valence-electron chi connectivity index (χ4n) is 1.43.